The summed E-state index contributed by atoms with van der Waals surface area (Å²) < 4.78 is 1.12. The highest BCUT2D eigenvalue weighted by molar-refractivity contribution is 6.33. The van der Waals surface area contributed by atoms with Gasteiger partial charge in [-0.15, -0.1) is 0 Å². The lowest BCUT2D eigenvalue weighted by Crippen LogP contribution is -2.36. The van der Waals surface area contributed by atoms with Gasteiger partial charge >= 0.3 is 0 Å². The summed E-state index contributed by atoms with van der Waals surface area (Å²) in [4.78, 5) is 24.7. The van der Waals surface area contributed by atoms with Gasteiger partial charge in [0.2, 0.25) is 0 Å². The van der Waals surface area contributed by atoms with Crippen molar-refractivity contribution in [2.24, 2.45) is 5.92 Å². The third-order valence-corrected chi connectivity index (χ3v) is 4.77. The quantitative estimate of drug-likeness (QED) is 0.657. The Balaban J connectivity index is 1.88. The SMILES string of the molecule is O=c1c(Cl)c(N2CCC(CO)CC2)cnn1-c1ccc([N+](=O)[O-])cc1. The van der Waals surface area contributed by atoms with Crippen LogP contribution in [-0.2, 0) is 0 Å². The Hall–Kier alpha value is -2.45. The molecular formula is C16H17ClN4O4. The molecule has 8 nitrogen and oxygen atoms in total. The minimum absolute atomic E-state index is 0.0636. The molecule has 132 valence electrons. The van der Waals surface area contributed by atoms with E-state index in [0.29, 0.717) is 24.5 Å². The maximum absolute atomic E-state index is 12.5. The van der Waals surface area contributed by atoms with E-state index in [9.17, 15) is 20.0 Å². The summed E-state index contributed by atoms with van der Waals surface area (Å²) >= 11 is 6.26. The topological polar surface area (TPSA) is 102 Å². The molecule has 0 saturated carbocycles. The van der Waals surface area contributed by atoms with E-state index in [1.54, 1.807) is 0 Å². The van der Waals surface area contributed by atoms with Gasteiger partial charge in [0.15, 0.2) is 0 Å². The van der Waals surface area contributed by atoms with E-state index >= 15 is 0 Å². The second-order valence-electron chi connectivity index (χ2n) is 5.95. The summed E-state index contributed by atoms with van der Waals surface area (Å²) in [6, 6.07) is 5.53. The van der Waals surface area contributed by atoms with Crippen LogP contribution in [0.2, 0.25) is 5.02 Å². The molecule has 1 saturated heterocycles. The van der Waals surface area contributed by atoms with Crippen LogP contribution in [0.3, 0.4) is 0 Å². The largest absolute Gasteiger partial charge is 0.396 e. The molecule has 0 radical (unpaired) electrons. The summed E-state index contributed by atoms with van der Waals surface area (Å²) in [5.74, 6) is 0.281. The molecule has 1 aliphatic heterocycles. The average Bonchev–Trinajstić information content (AvgIpc) is 2.64. The van der Waals surface area contributed by atoms with Gasteiger partial charge in [-0.1, -0.05) is 11.6 Å². The van der Waals surface area contributed by atoms with Crippen molar-refractivity contribution in [2.75, 3.05) is 24.6 Å². The average molecular weight is 365 g/mol. The van der Waals surface area contributed by atoms with Crippen LogP contribution in [0.5, 0.6) is 0 Å². The van der Waals surface area contributed by atoms with Gasteiger partial charge in [0.25, 0.3) is 11.2 Å². The number of piperidine rings is 1. The maximum Gasteiger partial charge on any atom is 0.292 e. The highest BCUT2D eigenvalue weighted by atomic mass is 35.5. The molecule has 1 aliphatic rings. The molecule has 0 spiro atoms. The summed E-state index contributed by atoms with van der Waals surface area (Å²) in [5, 5.41) is 24.1. The molecule has 0 aliphatic carbocycles. The number of nitro benzene ring substituents is 1. The van der Waals surface area contributed by atoms with Crippen molar-refractivity contribution in [1.82, 2.24) is 9.78 Å². The number of hydrogen-bond acceptors (Lipinski definition) is 6. The van der Waals surface area contributed by atoms with Crippen molar-refractivity contribution in [1.29, 1.82) is 0 Å². The lowest BCUT2D eigenvalue weighted by Gasteiger charge is -2.33. The predicted octanol–water partition coefficient (Wildman–Crippen LogP) is 2.00. The van der Waals surface area contributed by atoms with Gasteiger partial charge in [0.1, 0.15) is 5.02 Å². The number of rotatable bonds is 4. The Labute approximate surface area is 148 Å². The molecule has 0 bridgehead atoms. The van der Waals surface area contributed by atoms with Crippen LogP contribution in [0.15, 0.2) is 35.3 Å². The van der Waals surface area contributed by atoms with Gasteiger partial charge in [-0.2, -0.15) is 9.78 Å². The Kier molecular flexibility index (Phi) is 5.00. The predicted molar refractivity (Wildman–Crippen MR) is 93.5 cm³/mol. The zero-order valence-electron chi connectivity index (χ0n) is 13.3. The number of aromatic nitrogens is 2. The van der Waals surface area contributed by atoms with Crippen LogP contribution in [0.4, 0.5) is 11.4 Å². The number of hydrogen-bond donors (Lipinski definition) is 1. The monoisotopic (exact) mass is 364 g/mol. The first kappa shape index (κ1) is 17.4. The van der Waals surface area contributed by atoms with E-state index in [1.807, 2.05) is 4.90 Å². The molecule has 0 atom stereocenters. The molecule has 2 heterocycles. The first-order chi connectivity index (χ1) is 12.0. The molecule has 1 N–H and O–H groups in total. The zero-order chi connectivity index (χ0) is 18.0. The van der Waals surface area contributed by atoms with Gasteiger partial charge in [-0.25, -0.2) is 0 Å². The first-order valence-electron chi connectivity index (χ1n) is 7.89. The van der Waals surface area contributed by atoms with Crippen LogP contribution in [0, 0.1) is 16.0 Å². The second kappa shape index (κ2) is 7.20. The number of aliphatic hydroxyl groups is 1. The number of halogens is 1. The Morgan fingerprint density at radius 3 is 2.48 bits per heavy atom. The molecule has 25 heavy (non-hydrogen) atoms. The number of nitro groups is 1. The van der Waals surface area contributed by atoms with Crippen LogP contribution in [0.1, 0.15) is 12.8 Å². The van der Waals surface area contributed by atoms with Crippen molar-refractivity contribution in [3.63, 3.8) is 0 Å². The van der Waals surface area contributed by atoms with Gasteiger partial charge in [-0.05, 0) is 30.9 Å². The fourth-order valence-corrected chi connectivity index (χ4v) is 3.15. The van der Waals surface area contributed by atoms with E-state index in [4.69, 9.17) is 11.6 Å². The first-order valence-corrected chi connectivity index (χ1v) is 8.27. The number of nitrogens with zero attached hydrogens (tertiary/aromatic N) is 4. The van der Waals surface area contributed by atoms with E-state index in [2.05, 4.69) is 5.10 Å². The van der Waals surface area contributed by atoms with Crippen molar-refractivity contribution < 1.29 is 10.0 Å². The van der Waals surface area contributed by atoms with Gasteiger partial charge < -0.3 is 10.0 Å². The molecule has 1 fully saturated rings. The summed E-state index contributed by atoms with van der Waals surface area (Å²) in [6.07, 6.45) is 3.20. The third-order valence-electron chi connectivity index (χ3n) is 4.42. The minimum Gasteiger partial charge on any atom is -0.396 e. The fraction of sp³-hybridized carbons (Fsp3) is 0.375. The summed E-state index contributed by atoms with van der Waals surface area (Å²) in [5.41, 5.74) is 0.438. The molecular weight excluding hydrogens is 348 g/mol. The van der Waals surface area contributed by atoms with Crippen molar-refractivity contribution in [2.45, 2.75) is 12.8 Å². The standard InChI is InChI=1S/C16H17ClN4O4/c17-15-14(19-7-5-11(10-22)6-8-19)9-18-20(16(15)23)12-1-3-13(4-2-12)21(24)25/h1-4,9,11,22H,5-8,10H2. The van der Waals surface area contributed by atoms with Crippen LogP contribution in [0.25, 0.3) is 5.69 Å². The van der Waals surface area contributed by atoms with Crippen LogP contribution < -0.4 is 10.5 Å². The molecule has 9 heteroatoms. The molecule has 1 aromatic heterocycles. The fourth-order valence-electron chi connectivity index (χ4n) is 2.90. The molecule has 0 amide bonds. The summed E-state index contributed by atoms with van der Waals surface area (Å²) in [7, 11) is 0. The lowest BCUT2D eigenvalue weighted by atomic mass is 9.98. The Bertz CT molecular complexity index is 829. The van der Waals surface area contributed by atoms with E-state index in [0.717, 1.165) is 17.5 Å². The second-order valence-corrected chi connectivity index (χ2v) is 6.33. The number of anilines is 1. The van der Waals surface area contributed by atoms with Crippen molar-refractivity contribution >= 4 is 23.0 Å². The van der Waals surface area contributed by atoms with Crippen LogP contribution in [-0.4, -0.2) is 39.5 Å². The zero-order valence-corrected chi connectivity index (χ0v) is 14.1. The highest BCUT2D eigenvalue weighted by Crippen LogP contribution is 2.27. The van der Waals surface area contributed by atoms with E-state index in [1.165, 1.54) is 30.5 Å². The van der Waals surface area contributed by atoms with E-state index in [-0.39, 0.29) is 23.2 Å². The van der Waals surface area contributed by atoms with Crippen molar-refractivity contribution in [3.8, 4) is 5.69 Å². The molecule has 0 unspecified atom stereocenters. The van der Waals surface area contributed by atoms with Crippen LogP contribution >= 0.6 is 11.6 Å². The Morgan fingerprint density at radius 2 is 1.92 bits per heavy atom. The maximum atomic E-state index is 12.5. The highest BCUT2D eigenvalue weighted by Gasteiger charge is 2.22. The number of benzene rings is 1. The molecule has 3 rings (SSSR count). The van der Waals surface area contributed by atoms with Crippen molar-refractivity contribution in [3.05, 3.63) is 56.0 Å². The number of non-ortho nitro benzene ring substituents is 1. The molecule has 1 aromatic carbocycles. The van der Waals surface area contributed by atoms with Gasteiger partial charge in [0.05, 0.1) is 22.5 Å². The normalized spacial score (nSPS) is 15.4. The smallest absolute Gasteiger partial charge is 0.292 e. The lowest BCUT2D eigenvalue weighted by molar-refractivity contribution is -0.384. The van der Waals surface area contributed by atoms with E-state index < -0.39 is 10.5 Å². The number of aliphatic hydroxyl groups excluding tert-OH is 1. The third kappa shape index (κ3) is 3.49. The van der Waals surface area contributed by atoms with Gasteiger partial charge in [-0.3, -0.25) is 14.9 Å². The summed E-state index contributed by atoms with van der Waals surface area (Å²) in [6.45, 7) is 1.57. The molecule has 2 aromatic rings. The Morgan fingerprint density at radius 1 is 1.28 bits per heavy atom. The van der Waals surface area contributed by atoms with Gasteiger partial charge in [0, 0.05) is 31.8 Å². The minimum atomic E-state index is -0.508.